The van der Waals surface area contributed by atoms with Gasteiger partial charge in [-0.25, -0.2) is 0 Å². The van der Waals surface area contributed by atoms with E-state index >= 15 is 0 Å². The highest BCUT2D eigenvalue weighted by molar-refractivity contribution is 6.31. The van der Waals surface area contributed by atoms with Gasteiger partial charge in [-0.2, -0.15) is 10.2 Å². The molecule has 0 aliphatic heterocycles. The van der Waals surface area contributed by atoms with E-state index in [1.165, 1.54) is 6.42 Å². The first kappa shape index (κ1) is 16.3. The zero-order valence-corrected chi connectivity index (χ0v) is 14.7. The van der Waals surface area contributed by atoms with Crippen molar-refractivity contribution >= 4 is 11.6 Å². The lowest BCUT2D eigenvalue weighted by Gasteiger charge is -2.21. The third-order valence-electron chi connectivity index (χ3n) is 4.53. The Labute approximate surface area is 141 Å². The van der Waals surface area contributed by atoms with E-state index in [0.717, 1.165) is 41.5 Å². The van der Waals surface area contributed by atoms with Crippen molar-refractivity contribution in [2.45, 2.75) is 58.3 Å². The Balaban J connectivity index is 1.59. The number of aryl methyl sites for hydroxylation is 2. The molecule has 23 heavy (non-hydrogen) atoms. The van der Waals surface area contributed by atoms with Crippen molar-refractivity contribution in [3.63, 3.8) is 0 Å². The molecule has 2 aromatic rings. The van der Waals surface area contributed by atoms with Crippen molar-refractivity contribution in [2.75, 3.05) is 0 Å². The molecule has 3 rings (SSSR count). The summed E-state index contributed by atoms with van der Waals surface area (Å²) in [6.07, 6.45) is 7.25. The van der Waals surface area contributed by atoms with Crippen LogP contribution in [0.4, 0.5) is 0 Å². The smallest absolute Gasteiger partial charge is 0.157 e. The number of halogens is 1. The van der Waals surface area contributed by atoms with Gasteiger partial charge in [-0.05, 0) is 33.1 Å². The highest BCUT2D eigenvalue weighted by Gasteiger charge is 2.29. The molecule has 1 saturated carbocycles. The molecule has 7 heteroatoms. The topological polar surface area (TPSA) is 56.9 Å². The Morgan fingerprint density at radius 2 is 2.26 bits per heavy atom. The second-order valence-electron chi connectivity index (χ2n) is 6.08. The summed E-state index contributed by atoms with van der Waals surface area (Å²) >= 11 is 6.32. The number of rotatable bonds is 6. The van der Waals surface area contributed by atoms with Crippen molar-refractivity contribution in [1.82, 2.24) is 24.9 Å². The molecule has 2 atom stereocenters. The average Bonchev–Trinajstić information content (AvgIpc) is 3.24. The van der Waals surface area contributed by atoms with E-state index in [9.17, 15) is 0 Å². The molecule has 0 unspecified atom stereocenters. The van der Waals surface area contributed by atoms with Crippen LogP contribution in [0.15, 0.2) is 12.4 Å². The maximum absolute atomic E-state index is 6.32. The highest BCUT2D eigenvalue weighted by Crippen LogP contribution is 2.26. The number of nitrogens with one attached hydrogen (secondary N) is 1. The Morgan fingerprint density at radius 3 is 2.91 bits per heavy atom. The van der Waals surface area contributed by atoms with Gasteiger partial charge in [0.2, 0.25) is 0 Å². The minimum Gasteiger partial charge on any atom is -0.486 e. The molecule has 0 aromatic carbocycles. The third kappa shape index (κ3) is 3.53. The molecule has 1 N–H and O–H groups in total. The van der Waals surface area contributed by atoms with Crippen molar-refractivity contribution in [3.8, 4) is 5.75 Å². The van der Waals surface area contributed by atoms with Gasteiger partial charge >= 0.3 is 0 Å². The van der Waals surface area contributed by atoms with E-state index in [4.69, 9.17) is 16.3 Å². The standard InChI is InChI=1S/C16H24ClN5O/c1-4-22-10-12(8-19-22)23-15-7-5-6-13(15)18-9-14-16(17)11(2)21(3)20-14/h8,10,13,15,18H,4-7,9H2,1-3H3/t13-,15+/m0/s1. The Morgan fingerprint density at radius 1 is 1.43 bits per heavy atom. The first-order valence-electron chi connectivity index (χ1n) is 8.19. The normalized spacial score (nSPS) is 21.0. The summed E-state index contributed by atoms with van der Waals surface area (Å²) in [4.78, 5) is 0. The maximum atomic E-state index is 6.32. The van der Waals surface area contributed by atoms with Gasteiger partial charge in [0.25, 0.3) is 0 Å². The van der Waals surface area contributed by atoms with E-state index in [-0.39, 0.29) is 6.10 Å². The van der Waals surface area contributed by atoms with Crippen LogP contribution in [0.2, 0.25) is 5.02 Å². The lowest BCUT2D eigenvalue weighted by Crippen LogP contribution is -2.38. The van der Waals surface area contributed by atoms with Crippen LogP contribution in [-0.4, -0.2) is 31.7 Å². The number of aromatic nitrogens is 4. The molecular weight excluding hydrogens is 314 g/mol. The molecule has 1 fully saturated rings. The Kier molecular flexibility index (Phi) is 4.92. The second-order valence-corrected chi connectivity index (χ2v) is 6.45. The zero-order chi connectivity index (χ0) is 16.4. The summed E-state index contributed by atoms with van der Waals surface area (Å²) in [6, 6.07) is 0.318. The number of hydrogen-bond donors (Lipinski definition) is 1. The van der Waals surface area contributed by atoms with Crippen LogP contribution in [0.1, 0.15) is 37.6 Å². The van der Waals surface area contributed by atoms with E-state index in [0.29, 0.717) is 12.6 Å². The van der Waals surface area contributed by atoms with E-state index in [1.54, 1.807) is 6.20 Å². The SMILES string of the molecule is CCn1cc(O[C@@H]2CCC[C@@H]2NCc2nn(C)c(C)c2Cl)cn1. The van der Waals surface area contributed by atoms with Crippen molar-refractivity contribution < 1.29 is 4.74 Å². The van der Waals surface area contributed by atoms with Gasteiger partial charge < -0.3 is 10.1 Å². The molecule has 2 aromatic heterocycles. The quantitative estimate of drug-likeness (QED) is 0.880. The van der Waals surface area contributed by atoms with Crippen LogP contribution >= 0.6 is 11.6 Å². The Hall–Kier alpha value is -1.53. The van der Waals surface area contributed by atoms with Gasteiger partial charge in [0, 0.05) is 26.2 Å². The minimum atomic E-state index is 0.174. The van der Waals surface area contributed by atoms with Gasteiger partial charge in [-0.3, -0.25) is 9.36 Å². The molecule has 2 heterocycles. The van der Waals surface area contributed by atoms with Crippen LogP contribution in [-0.2, 0) is 20.1 Å². The molecule has 1 aliphatic carbocycles. The van der Waals surface area contributed by atoms with Gasteiger partial charge in [0.1, 0.15) is 6.10 Å². The predicted octanol–water partition coefficient (Wildman–Crippen LogP) is 2.69. The van der Waals surface area contributed by atoms with E-state index in [2.05, 4.69) is 22.4 Å². The monoisotopic (exact) mass is 337 g/mol. The van der Waals surface area contributed by atoms with Gasteiger partial charge in [-0.1, -0.05) is 11.6 Å². The van der Waals surface area contributed by atoms with Gasteiger partial charge in [-0.15, -0.1) is 0 Å². The number of ether oxygens (including phenoxy) is 1. The zero-order valence-electron chi connectivity index (χ0n) is 13.9. The lowest BCUT2D eigenvalue weighted by molar-refractivity contribution is 0.173. The summed E-state index contributed by atoms with van der Waals surface area (Å²) in [7, 11) is 1.91. The van der Waals surface area contributed by atoms with Crippen LogP contribution in [0.3, 0.4) is 0 Å². The summed E-state index contributed by atoms with van der Waals surface area (Å²) in [5.41, 5.74) is 1.89. The number of nitrogens with zero attached hydrogens (tertiary/aromatic N) is 4. The van der Waals surface area contributed by atoms with Crippen LogP contribution in [0, 0.1) is 6.92 Å². The molecule has 126 valence electrons. The summed E-state index contributed by atoms with van der Waals surface area (Å²) in [6.45, 7) is 5.56. The molecule has 0 radical (unpaired) electrons. The van der Waals surface area contributed by atoms with E-state index in [1.807, 2.05) is 29.5 Å². The van der Waals surface area contributed by atoms with Crippen molar-refractivity contribution in [1.29, 1.82) is 0 Å². The molecule has 0 amide bonds. The highest BCUT2D eigenvalue weighted by atomic mass is 35.5. The lowest BCUT2D eigenvalue weighted by atomic mass is 10.2. The predicted molar refractivity (Wildman–Crippen MR) is 89.8 cm³/mol. The summed E-state index contributed by atoms with van der Waals surface area (Å²) in [5.74, 6) is 0.845. The fraction of sp³-hybridized carbons (Fsp3) is 0.625. The molecule has 0 saturated heterocycles. The van der Waals surface area contributed by atoms with Crippen molar-refractivity contribution in [2.24, 2.45) is 7.05 Å². The largest absolute Gasteiger partial charge is 0.486 e. The second kappa shape index (κ2) is 6.93. The fourth-order valence-electron chi connectivity index (χ4n) is 3.05. The van der Waals surface area contributed by atoms with E-state index < -0.39 is 0 Å². The van der Waals surface area contributed by atoms with Crippen molar-refractivity contribution in [3.05, 3.63) is 28.8 Å². The van der Waals surface area contributed by atoms with Gasteiger partial charge in [0.05, 0.1) is 28.8 Å². The maximum Gasteiger partial charge on any atom is 0.157 e. The Bertz CT molecular complexity index is 665. The first-order valence-corrected chi connectivity index (χ1v) is 8.56. The number of hydrogen-bond acceptors (Lipinski definition) is 4. The average molecular weight is 338 g/mol. The minimum absolute atomic E-state index is 0.174. The summed E-state index contributed by atoms with van der Waals surface area (Å²) < 4.78 is 9.81. The summed E-state index contributed by atoms with van der Waals surface area (Å²) in [5, 5.41) is 13.0. The van der Waals surface area contributed by atoms with Crippen LogP contribution in [0.5, 0.6) is 5.75 Å². The first-order chi connectivity index (χ1) is 11.1. The third-order valence-corrected chi connectivity index (χ3v) is 5.02. The molecule has 0 spiro atoms. The fourth-order valence-corrected chi connectivity index (χ4v) is 3.27. The van der Waals surface area contributed by atoms with Crippen LogP contribution < -0.4 is 10.1 Å². The van der Waals surface area contributed by atoms with Crippen LogP contribution in [0.25, 0.3) is 0 Å². The molecular formula is C16H24ClN5O. The molecule has 6 nitrogen and oxygen atoms in total. The van der Waals surface area contributed by atoms with Gasteiger partial charge in [0.15, 0.2) is 5.75 Å². The molecule has 1 aliphatic rings. The molecule has 0 bridgehead atoms.